The number of benzene rings is 2. The third-order valence-corrected chi connectivity index (χ3v) is 5.03. The molecule has 2 aliphatic rings. The van der Waals surface area contributed by atoms with E-state index in [0.29, 0.717) is 11.3 Å². The van der Waals surface area contributed by atoms with E-state index in [2.05, 4.69) is 18.0 Å². The zero-order chi connectivity index (χ0) is 15.2. The maximum atomic E-state index is 13.4. The summed E-state index contributed by atoms with van der Waals surface area (Å²) >= 11 is 0. The van der Waals surface area contributed by atoms with E-state index in [-0.39, 0.29) is 22.8 Å². The Labute approximate surface area is 147 Å². The fourth-order valence-electron chi connectivity index (χ4n) is 3.69. The number of nitrogens with zero attached hydrogens (tertiary/aromatic N) is 1. The Balaban J connectivity index is 0.00000156. The molecule has 1 fully saturated rings. The Kier molecular flexibility index (Phi) is 4.30. The zero-order valence-electron chi connectivity index (χ0n) is 13.1. The van der Waals surface area contributed by atoms with Crippen molar-refractivity contribution in [1.82, 2.24) is 4.90 Å². The molecule has 2 aromatic rings. The summed E-state index contributed by atoms with van der Waals surface area (Å²) in [5.41, 5.74) is 1.31. The number of hydrogen-bond donors (Lipinski definition) is 0. The van der Waals surface area contributed by atoms with E-state index in [1.807, 2.05) is 42.5 Å². The summed E-state index contributed by atoms with van der Waals surface area (Å²) in [5, 5.41) is 0. The molecular weight excluding hydrogens is 354 g/mol. The number of ketones is 1. The average Bonchev–Trinajstić information content (AvgIpc) is 2.65. The van der Waals surface area contributed by atoms with Crippen molar-refractivity contribution in [3.63, 3.8) is 0 Å². The van der Waals surface area contributed by atoms with E-state index in [0.717, 1.165) is 37.2 Å². The number of hydrogen-bond acceptors (Lipinski definition) is 3. The van der Waals surface area contributed by atoms with Crippen LogP contribution in [-0.4, -0.2) is 30.8 Å². The number of rotatable bonds is 0. The first-order valence-electron chi connectivity index (χ1n) is 7.80. The molecule has 2 heterocycles. The summed E-state index contributed by atoms with van der Waals surface area (Å²) < 4.78 is 6.09. The standard InChI is InChI=1S/C19H19NO2.BrH/c1-20-12-10-19(11-13-20)15-7-3-5-9-17(15)22-16-8-4-2-6-14(16)18(19)21;/h2-9H,10-13H2,1H3;1H. The second-order valence-corrected chi connectivity index (χ2v) is 6.31. The molecule has 0 aromatic heterocycles. The SMILES string of the molecule is Br.CN1CCC2(CC1)C(=O)c1ccccc1Oc1ccccc12. The minimum atomic E-state index is -0.449. The molecule has 0 bridgehead atoms. The van der Waals surface area contributed by atoms with Crippen LogP contribution < -0.4 is 4.74 Å². The van der Waals surface area contributed by atoms with Crippen molar-refractivity contribution in [3.8, 4) is 11.5 Å². The second kappa shape index (κ2) is 6.10. The first kappa shape index (κ1) is 16.2. The average molecular weight is 374 g/mol. The molecule has 120 valence electrons. The molecule has 2 aromatic carbocycles. The smallest absolute Gasteiger partial charge is 0.177 e. The number of halogens is 1. The van der Waals surface area contributed by atoms with E-state index in [1.54, 1.807) is 0 Å². The number of fused-ring (bicyclic) bond motifs is 3. The Morgan fingerprint density at radius 1 is 0.957 bits per heavy atom. The zero-order valence-corrected chi connectivity index (χ0v) is 14.8. The van der Waals surface area contributed by atoms with Crippen molar-refractivity contribution in [2.75, 3.05) is 20.1 Å². The molecule has 23 heavy (non-hydrogen) atoms. The number of likely N-dealkylation sites (tertiary alicyclic amines) is 1. The van der Waals surface area contributed by atoms with Crippen LogP contribution in [-0.2, 0) is 5.41 Å². The van der Waals surface area contributed by atoms with Crippen molar-refractivity contribution < 1.29 is 9.53 Å². The molecule has 0 aliphatic carbocycles. The molecule has 1 saturated heterocycles. The molecule has 4 heteroatoms. The lowest BCUT2D eigenvalue weighted by Crippen LogP contribution is -2.45. The number of para-hydroxylation sites is 2. The lowest BCUT2D eigenvalue weighted by atomic mass is 9.68. The summed E-state index contributed by atoms with van der Waals surface area (Å²) in [5.74, 6) is 1.71. The lowest BCUT2D eigenvalue weighted by molar-refractivity contribution is 0.0796. The van der Waals surface area contributed by atoms with Gasteiger partial charge < -0.3 is 9.64 Å². The van der Waals surface area contributed by atoms with Crippen molar-refractivity contribution in [2.45, 2.75) is 18.3 Å². The number of carbonyl (C=O) groups is 1. The predicted octanol–water partition coefficient (Wildman–Crippen LogP) is 4.22. The van der Waals surface area contributed by atoms with E-state index in [1.165, 1.54) is 0 Å². The third-order valence-electron chi connectivity index (χ3n) is 5.03. The second-order valence-electron chi connectivity index (χ2n) is 6.31. The van der Waals surface area contributed by atoms with Gasteiger partial charge in [0.15, 0.2) is 5.78 Å². The van der Waals surface area contributed by atoms with Gasteiger partial charge in [0.25, 0.3) is 0 Å². The van der Waals surface area contributed by atoms with Crippen LogP contribution in [0, 0.1) is 0 Å². The van der Waals surface area contributed by atoms with Crippen LogP contribution in [0.3, 0.4) is 0 Å². The molecule has 0 N–H and O–H groups in total. The number of carbonyl (C=O) groups excluding carboxylic acids is 1. The molecule has 0 atom stereocenters. The fourth-order valence-corrected chi connectivity index (χ4v) is 3.69. The summed E-state index contributed by atoms with van der Waals surface area (Å²) in [6.07, 6.45) is 1.69. The molecule has 1 spiro atoms. The number of piperidine rings is 1. The molecule has 3 nitrogen and oxygen atoms in total. The van der Waals surface area contributed by atoms with Gasteiger partial charge in [0, 0.05) is 5.56 Å². The Bertz CT molecular complexity index is 736. The molecular formula is C19H20BrNO2. The van der Waals surface area contributed by atoms with Gasteiger partial charge >= 0.3 is 0 Å². The van der Waals surface area contributed by atoms with Crippen LogP contribution in [0.2, 0.25) is 0 Å². The minimum Gasteiger partial charge on any atom is -0.456 e. The summed E-state index contributed by atoms with van der Waals surface area (Å²) in [4.78, 5) is 15.7. The molecule has 4 rings (SSSR count). The van der Waals surface area contributed by atoms with Crippen LogP contribution in [0.15, 0.2) is 48.5 Å². The molecule has 0 unspecified atom stereocenters. The number of ether oxygens (including phenoxy) is 1. The van der Waals surface area contributed by atoms with Crippen molar-refractivity contribution in [1.29, 1.82) is 0 Å². The van der Waals surface area contributed by atoms with Gasteiger partial charge in [0.05, 0.1) is 11.0 Å². The normalized spacial score (nSPS) is 19.1. The molecule has 0 amide bonds. The Hall–Kier alpha value is -1.65. The van der Waals surface area contributed by atoms with Gasteiger partial charge in [-0.2, -0.15) is 0 Å². The van der Waals surface area contributed by atoms with Crippen LogP contribution in [0.25, 0.3) is 0 Å². The highest BCUT2D eigenvalue weighted by Crippen LogP contribution is 2.47. The van der Waals surface area contributed by atoms with Gasteiger partial charge in [-0.1, -0.05) is 30.3 Å². The van der Waals surface area contributed by atoms with Gasteiger partial charge in [0.2, 0.25) is 0 Å². The Morgan fingerprint density at radius 3 is 2.30 bits per heavy atom. The quantitative estimate of drug-likeness (QED) is 0.692. The maximum absolute atomic E-state index is 13.4. The van der Waals surface area contributed by atoms with Gasteiger partial charge in [-0.25, -0.2) is 0 Å². The highest BCUT2D eigenvalue weighted by atomic mass is 79.9. The fraction of sp³-hybridized carbons (Fsp3) is 0.316. The largest absolute Gasteiger partial charge is 0.456 e. The summed E-state index contributed by atoms with van der Waals surface area (Å²) in [6.45, 7) is 1.87. The van der Waals surface area contributed by atoms with E-state index in [9.17, 15) is 4.79 Å². The minimum absolute atomic E-state index is 0. The molecule has 2 aliphatic heterocycles. The maximum Gasteiger partial charge on any atom is 0.177 e. The Morgan fingerprint density at radius 2 is 1.57 bits per heavy atom. The lowest BCUT2D eigenvalue weighted by Gasteiger charge is -2.39. The first-order chi connectivity index (χ1) is 10.7. The van der Waals surface area contributed by atoms with Gasteiger partial charge in [-0.15, -0.1) is 17.0 Å². The topological polar surface area (TPSA) is 29.5 Å². The van der Waals surface area contributed by atoms with Crippen LogP contribution in [0.4, 0.5) is 0 Å². The van der Waals surface area contributed by atoms with Gasteiger partial charge in [0.1, 0.15) is 11.5 Å². The van der Waals surface area contributed by atoms with E-state index < -0.39 is 5.41 Å². The van der Waals surface area contributed by atoms with E-state index >= 15 is 0 Å². The predicted molar refractivity (Wildman–Crippen MR) is 96.0 cm³/mol. The number of Topliss-reactive ketones (excluding diaryl/α,β-unsaturated/α-hetero) is 1. The van der Waals surface area contributed by atoms with Gasteiger partial charge in [-0.3, -0.25) is 4.79 Å². The van der Waals surface area contributed by atoms with E-state index in [4.69, 9.17) is 4.74 Å². The highest BCUT2D eigenvalue weighted by molar-refractivity contribution is 8.93. The monoisotopic (exact) mass is 373 g/mol. The van der Waals surface area contributed by atoms with Crippen molar-refractivity contribution in [3.05, 3.63) is 59.7 Å². The summed E-state index contributed by atoms with van der Waals surface area (Å²) in [6, 6.07) is 15.6. The van der Waals surface area contributed by atoms with Crippen molar-refractivity contribution in [2.24, 2.45) is 0 Å². The highest BCUT2D eigenvalue weighted by Gasteiger charge is 2.46. The van der Waals surface area contributed by atoms with Crippen LogP contribution in [0.5, 0.6) is 11.5 Å². The first-order valence-corrected chi connectivity index (χ1v) is 7.80. The van der Waals surface area contributed by atoms with Gasteiger partial charge in [-0.05, 0) is 51.2 Å². The summed E-state index contributed by atoms with van der Waals surface area (Å²) in [7, 11) is 2.12. The molecule has 0 saturated carbocycles. The third kappa shape index (κ3) is 2.50. The van der Waals surface area contributed by atoms with Crippen molar-refractivity contribution >= 4 is 22.8 Å². The van der Waals surface area contributed by atoms with Crippen LogP contribution >= 0.6 is 17.0 Å². The molecule has 0 radical (unpaired) electrons. The van der Waals surface area contributed by atoms with Crippen LogP contribution in [0.1, 0.15) is 28.8 Å².